The number of pyridine rings is 1. The molecule has 0 spiro atoms. The first-order valence-electron chi connectivity index (χ1n) is 6.62. The van der Waals surface area contributed by atoms with Crippen LogP contribution in [0, 0.1) is 0 Å². The molecule has 2 aromatic heterocycles. The van der Waals surface area contributed by atoms with Crippen molar-refractivity contribution in [3.05, 3.63) is 64.4 Å². The summed E-state index contributed by atoms with van der Waals surface area (Å²) in [5.41, 5.74) is 1.84. The summed E-state index contributed by atoms with van der Waals surface area (Å²) in [5.74, 6) is -0.172. The Morgan fingerprint density at radius 2 is 2.14 bits per heavy atom. The molecule has 4 nitrogen and oxygen atoms in total. The maximum absolute atomic E-state index is 11.8. The first-order chi connectivity index (χ1) is 10.7. The number of hydrogen-bond acceptors (Lipinski definition) is 4. The summed E-state index contributed by atoms with van der Waals surface area (Å²) in [6.45, 7) is 0.410. The zero-order valence-electron chi connectivity index (χ0n) is 11.5. The van der Waals surface area contributed by atoms with Crippen molar-refractivity contribution in [3.63, 3.8) is 0 Å². The van der Waals surface area contributed by atoms with Gasteiger partial charge in [-0.05, 0) is 29.8 Å². The zero-order chi connectivity index (χ0) is 15.4. The number of thiazole rings is 1. The number of carbonyl (C=O) groups is 1. The van der Waals surface area contributed by atoms with Gasteiger partial charge in [-0.15, -0.1) is 11.3 Å². The van der Waals surface area contributed by atoms with Crippen molar-refractivity contribution in [3.8, 4) is 0 Å². The van der Waals surface area contributed by atoms with Crippen molar-refractivity contribution in [1.82, 2.24) is 15.3 Å². The molecule has 2 heterocycles. The lowest BCUT2D eigenvalue weighted by Gasteiger charge is -2.01. The Morgan fingerprint density at radius 3 is 2.91 bits per heavy atom. The van der Waals surface area contributed by atoms with E-state index in [9.17, 15) is 4.79 Å². The second-order valence-corrected chi connectivity index (χ2v) is 6.01. The molecule has 22 heavy (non-hydrogen) atoms. The van der Waals surface area contributed by atoms with Crippen LogP contribution in [-0.4, -0.2) is 15.9 Å². The molecule has 6 heteroatoms. The van der Waals surface area contributed by atoms with Crippen LogP contribution in [0.25, 0.3) is 16.3 Å². The Morgan fingerprint density at radius 1 is 1.27 bits per heavy atom. The van der Waals surface area contributed by atoms with Crippen molar-refractivity contribution >= 4 is 45.1 Å². The lowest BCUT2D eigenvalue weighted by Crippen LogP contribution is -2.20. The molecule has 0 aliphatic heterocycles. The molecule has 0 unspecified atom stereocenters. The van der Waals surface area contributed by atoms with Crippen LogP contribution in [-0.2, 0) is 11.3 Å². The zero-order valence-corrected chi connectivity index (χ0v) is 13.1. The minimum absolute atomic E-state index is 0.172. The van der Waals surface area contributed by atoms with Crippen molar-refractivity contribution in [2.24, 2.45) is 0 Å². The Bertz CT molecular complexity index is 794. The van der Waals surface area contributed by atoms with Crippen molar-refractivity contribution in [2.75, 3.05) is 0 Å². The van der Waals surface area contributed by atoms with Crippen molar-refractivity contribution < 1.29 is 4.79 Å². The van der Waals surface area contributed by atoms with Crippen molar-refractivity contribution in [1.29, 1.82) is 0 Å². The molecule has 0 radical (unpaired) electrons. The number of para-hydroxylation sites is 1. The van der Waals surface area contributed by atoms with E-state index in [2.05, 4.69) is 15.3 Å². The number of rotatable bonds is 4. The van der Waals surface area contributed by atoms with E-state index in [1.165, 1.54) is 6.08 Å². The summed E-state index contributed by atoms with van der Waals surface area (Å²) in [5, 5.41) is 4.04. The molecule has 1 N–H and O–H groups in total. The van der Waals surface area contributed by atoms with Gasteiger partial charge in [0.05, 0.1) is 10.2 Å². The van der Waals surface area contributed by atoms with Gasteiger partial charge in [0.15, 0.2) is 0 Å². The lowest BCUT2D eigenvalue weighted by atomic mass is 10.3. The third-order valence-electron chi connectivity index (χ3n) is 2.94. The number of amides is 1. The van der Waals surface area contributed by atoms with Crippen LogP contribution < -0.4 is 5.32 Å². The Balaban J connectivity index is 1.59. The predicted molar refractivity (Wildman–Crippen MR) is 89.7 cm³/mol. The monoisotopic (exact) mass is 329 g/mol. The Labute approximate surface area is 136 Å². The molecule has 3 aromatic rings. The average Bonchev–Trinajstić information content (AvgIpc) is 2.95. The van der Waals surface area contributed by atoms with Crippen molar-refractivity contribution in [2.45, 2.75) is 6.54 Å². The number of fused-ring (bicyclic) bond motifs is 1. The Hall–Kier alpha value is -2.24. The number of nitrogens with one attached hydrogen (secondary N) is 1. The van der Waals surface area contributed by atoms with E-state index in [0.29, 0.717) is 11.7 Å². The summed E-state index contributed by atoms with van der Waals surface area (Å²) >= 11 is 7.26. The quantitative estimate of drug-likeness (QED) is 0.587. The SMILES string of the molecule is O=C(/C=C/c1nc2ccccc2s1)NCc1ccc(Cl)nc1. The molecule has 0 fully saturated rings. The van der Waals surface area contributed by atoms with Gasteiger partial charge in [-0.2, -0.15) is 0 Å². The molecule has 0 bridgehead atoms. The highest BCUT2D eigenvalue weighted by molar-refractivity contribution is 7.19. The fourth-order valence-electron chi connectivity index (χ4n) is 1.87. The van der Waals surface area contributed by atoms with Crippen LogP contribution in [0.3, 0.4) is 0 Å². The van der Waals surface area contributed by atoms with E-state index in [4.69, 9.17) is 11.6 Å². The minimum atomic E-state index is -0.172. The van der Waals surface area contributed by atoms with Gasteiger partial charge in [0.25, 0.3) is 0 Å². The maximum atomic E-state index is 11.8. The summed E-state index contributed by atoms with van der Waals surface area (Å²) in [7, 11) is 0. The fourth-order valence-corrected chi connectivity index (χ4v) is 2.85. The van der Waals surface area contributed by atoms with Gasteiger partial charge in [0.1, 0.15) is 10.2 Å². The second kappa shape index (κ2) is 6.68. The van der Waals surface area contributed by atoms with E-state index in [1.54, 1.807) is 29.7 Å². The summed E-state index contributed by atoms with van der Waals surface area (Å²) in [6, 6.07) is 11.4. The van der Waals surface area contributed by atoms with E-state index in [0.717, 1.165) is 20.8 Å². The van der Waals surface area contributed by atoms with Crippen LogP contribution in [0.1, 0.15) is 10.6 Å². The molecule has 0 saturated heterocycles. The number of aromatic nitrogens is 2. The summed E-state index contributed by atoms with van der Waals surface area (Å²) < 4.78 is 1.11. The van der Waals surface area contributed by atoms with Gasteiger partial charge in [-0.25, -0.2) is 9.97 Å². The van der Waals surface area contributed by atoms with Crippen LogP contribution in [0.2, 0.25) is 5.15 Å². The van der Waals surface area contributed by atoms with Gasteiger partial charge in [-0.3, -0.25) is 4.79 Å². The first kappa shape index (κ1) is 14.7. The molecule has 0 aliphatic carbocycles. The largest absolute Gasteiger partial charge is 0.348 e. The van der Waals surface area contributed by atoms with E-state index < -0.39 is 0 Å². The van der Waals surface area contributed by atoms with Gasteiger partial charge in [0, 0.05) is 18.8 Å². The molecular weight excluding hydrogens is 318 g/mol. The summed E-state index contributed by atoms with van der Waals surface area (Å²) in [6.07, 6.45) is 4.85. The fraction of sp³-hybridized carbons (Fsp3) is 0.0625. The van der Waals surface area contributed by atoms with Gasteiger partial charge >= 0.3 is 0 Å². The lowest BCUT2D eigenvalue weighted by molar-refractivity contribution is -0.116. The maximum Gasteiger partial charge on any atom is 0.244 e. The number of hydrogen-bond donors (Lipinski definition) is 1. The van der Waals surface area contributed by atoms with E-state index in [-0.39, 0.29) is 5.91 Å². The van der Waals surface area contributed by atoms with Crippen LogP contribution >= 0.6 is 22.9 Å². The Kier molecular flexibility index (Phi) is 4.46. The third kappa shape index (κ3) is 3.69. The third-order valence-corrected chi connectivity index (χ3v) is 4.17. The molecular formula is C16H12ClN3OS. The van der Waals surface area contributed by atoms with Gasteiger partial charge < -0.3 is 5.32 Å². The smallest absolute Gasteiger partial charge is 0.244 e. The highest BCUT2D eigenvalue weighted by Gasteiger charge is 2.01. The highest BCUT2D eigenvalue weighted by Crippen LogP contribution is 2.22. The first-order valence-corrected chi connectivity index (χ1v) is 7.82. The number of halogens is 1. The van der Waals surface area contributed by atoms with Crippen LogP contribution in [0.4, 0.5) is 0 Å². The van der Waals surface area contributed by atoms with E-state index >= 15 is 0 Å². The van der Waals surface area contributed by atoms with Crippen LogP contribution in [0.5, 0.6) is 0 Å². The number of benzene rings is 1. The molecule has 110 valence electrons. The standard InChI is InChI=1S/C16H12ClN3OS/c17-14-6-5-11(9-18-14)10-19-15(21)7-8-16-20-12-3-1-2-4-13(12)22-16/h1-9H,10H2,(H,19,21)/b8-7+. The highest BCUT2D eigenvalue weighted by atomic mass is 35.5. The van der Waals surface area contributed by atoms with Gasteiger partial charge in [0.2, 0.25) is 5.91 Å². The summed E-state index contributed by atoms with van der Waals surface area (Å²) in [4.78, 5) is 20.2. The second-order valence-electron chi connectivity index (χ2n) is 4.56. The predicted octanol–water partition coefficient (Wildman–Crippen LogP) is 3.67. The van der Waals surface area contributed by atoms with E-state index in [1.807, 2.05) is 30.3 Å². The molecule has 0 aliphatic rings. The topological polar surface area (TPSA) is 54.9 Å². The minimum Gasteiger partial charge on any atom is -0.348 e. The normalized spacial score (nSPS) is 11.1. The number of nitrogens with zero attached hydrogens (tertiary/aromatic N) is 2. The molecule has 0 atom stereocenters. The molecule has 3 rings (SSSR count). The van der Waals surface area contributed by atoms with Crippen LogP contribution in [0.15, 0.2) is 48.7 Å². The molecule has 0 saturated carbocycles. The molecule has 1 amide bonds. The molecule has 1 aromatic carbocycles. The van der Waals surface area contributed by atoms with Gasteiger partial charge in [-0.1, -0.05) is 29.8 Å². The number of carbonyl (C=O) groups excluding carboxylic acids is 1. The average molecular weight is 330 g/mol.